The summed E-state index contributed by atoms with van der Waals surface area (Å²) in [5, 5.41) is 1.15. The number of methoxy groups -OCH3 is 1. The molecule has 0 saturated heterocycles. The summed E-state index contributed by atoms with van der Waals surface area (Å²) in [6, 6.07) is 18.7. The highest BCUT2D eigenvalue weighted by Crippen LogP contribution is 2.32. The molecule has 1 aromatic heterocycles. The van der Waals surface area contributed by atoms with Crippen molar-refractivity contribution >= 4 is 10.9 Å². The van der Waals surface area contributed by atoms with Gasteiger partial charge in [-0.05, 0) is 23.8 Å². The SMILES string of the molecule is COc1cccc2c1cc(-c1ccccc1)n2C. The Morgan fingerprint density at radius 1 is 0.944 bits per heavy atom. The predicted molar refractivity (Wildman–Crippen MR) is 74.9 cm³/mol. The minimum Gasteiger partial charge on any atom is -0.496 e. The summed E-state index contributed by atoms with van der Waals surface area (Å²) in [5.74, 6) is 0.922. The zero-order valence-corrected chi connectivity index (χ0v) is 10.6. The molecule has 0 atom stereocenters. The van der Waals surface area contributed by atoms with Crippen molar-refractivity contribution in [3.05, 3.63) is 54.6 Å². The first-order valence-corrected chi connectivity index (χ1v) is 5.99. The number of rotatable bonds is 2. The summed E-state index contributed by atoms with van der Waals surface area (Å²) in [4.78, 5) is 0. The normalized spacial score (nSPS) is 10.8. The summed E-state index contributed by atoms with van der Waals surface area (Å²) in [6.45, 7) is 0. The molecule has 0 saturated carbocycles. The molecule has 0 aliphatic heterocycles. The molecule has 3 rings (SSSR count). The number of fused-ring (bicyclic) bond motifs is 1. The fourth-order valence-corrected chi connectivity index (χ4v) is 2.40. The molecule has 18 heavy (non-hydrogen) atoms. The third kappa shape index (κ3) is 1.58. The molecule has 0 radical (unpaired) electrons. The van der Waals surface area contributed by atoms with Crippen molar-refractivity contribution in [3.8, 4) is 17.0 Å². The average molecular weight is 237 g/mol. The van der Waals surface area contributed by atoms with Gasteiger partial charge in [0, 0.05) is 18.1 Å². The summed E-state index contributed by atoms with van der Waals surface area (Å²) < 4.78 is 7.62. The Labute approximate surface area is 106 Å². The van der Waals surface area contributed by atoms with Crippen LogP contribution in [0.1, 0.15) is 0 Å². The highest BCUT2D eigenvalue weighted by Gasteiger charge is 2.10. The number of nitrogens with zero attached hydrogens (tertiary/aromatic N) is 1. The number of ether oxygens (including phenoxy) is 1. The Bertz CT molecular complexity index is 683. The van der Waals surface area contributed by atoms with Crippen LogP contribution in [0, 0.1) is 0 Å². The second kappa shape index (κ2) is 4.22. The van der Waals surface area contributed by atoms with Gasteiger partial charge in [-0.3, -0.25) is 0 Å². The van der Waals surface area contributed by atoms with Crippen LogP contribution in [0.15, 0.2) is 54.6 Å². The van der Waals surface area contributed by atoms with Crippen molar-refractivity contribution in [1.29, 1.82) is 0 Å². The van der Waals surface area contributed by atoms with Crippen molar-refractivity contribution in [3.63, 3.8) is 0 Å². The van der Waals surface area contributed by atoms with Crippen LogP contribution in [0.2, 0.25) is 0 Å². The van der Waals surface area contributed by atoms with Crippen LogP contribution in [0.5, 0.6) is 5.75 Å². The van der Waals surface area contributed by atoms with E-state index in [2.05, 4.69) is 48.0 Å². The average Bonchev–Trinajstić information content (AvgIpc) is 2.77. The second-order valence-corrected chi connectivity index (χ2v) is 4.35. The summed E-state index contributed by atoms with van der Waals surface area (Å²) in [7, 11) is 3.80. The molecule has 3 aromatic rings. The van der Waals surface area contributed by atoms with Crippen LogP contribution in [-0.4, -0.2) is 11.7 Å². The third-order valence-electron chi connectivity index (χ3n) is 3.34. The van der Waals surface area contributed by atoms with Crippen molar-refractivity contribution < 1.29 is 4.74 Å². The van der Waals surface area contributed by atoms with Crippen LogP contribution >= 0.6 is 0 Å². The maximum absolute atomic E-state index is 5.42. The molecule has 2 heteroatoms. The van der Waals surface area contributed by atoms with Gasteiger partial charge in [0.05, 0.1) is 12.6 Å². The van der Waals surface area contributed by atoms with E-state index >= 15 is 0 Å². The van der Waals surface area contributed by atoms with Crippen molar-refractivity contribution in [2.75, 3.05) is 7.11 Å². The van der Waals surface area contributed by atoms with Crippen LogP contribution in [0.25, 0.3) is 22.2 Å². The zero-order chi connectivity index (χ0) is 12.5. The van der Waals surface area contributed by atoms with E-state index in [9.17, 15) is 0 Å². The number of hydrogen-bond acceptors (Lipinski definition) is 1. The molecule has 0 amide bonds. The molecule has 0 unspecified atom stereocenters. The van der Waals surface area contributed by atoms with E-state index in [1.165, 1.54) is 16.8 Å². The summed E-state index contributed by atoms with van der Waals surface area (Å²) >= 11 is 0. The van der Waals surface area contributed by atoms with Gasteiger partial charge in [-0.1, -0.05) is 36.4 Å². The maximum Gasteiger partial charge on any atom is 0.128 e. The molecule has 0 aliphatic carbocycles. The molecular weight excluding hydrogens is 222 g/mol. The van der Waals surface area contributed by atoms with Crippen LogP contribution in [-0.2, 0) is 7.05 Å². The summed E-state index contributed by atoms with van der Waals surface area (Å²) in [5.41, 5.74) is 3.61. The largest absolute Gasteiger partial charge is 0.496 e. The van der Waals surface area contributed by atoms with Crippen molar-refractivity contribution in [2.45, 2.75) is 0 Å². The monoisotopic (exact) mass is 237 g/mol. The molecule has 0 spiro atoms. The van der Waals surface area contributed by atoms with Crippen molar-refractivity contribution in [2.24, 2.45) is 7.05 Å². The minimum atomic E-state index is 0.922. The van der Waals surface area contributed by atoms with E-state index in [0.29, 0.717) is 0 Å². The highest BCUT2D eigenvalue weighted by molar-refractivity contribution is 5.91. The second-order valence-electron chi connectivity index (χ2n) is 4.35. The number of benzene rings is 2. The van der Waals surface area contributed by atoms with E-state index in [0.717, 1.165) is 11.1 Å². The zero-order valence-electron chi connectivity index (χ0n) is 10.6. The lowest BCUT2D eigenvalue weighted by atomic mass is 10.1. The van der Waals surface area contributed by atoms with Gasteiger partial charge in [0.25, 0.3) is 0 Å². The molecule has 0 fully saturated rings. The Hall–Kier alpha value is -2.22. The molecule has 0 bridgehead atoms. The number of aromatic nitrogens is 1. The van der Waals surface area contributed by atoms with Crippen molar-refractivity contribution in [1.82, 2.24) is 4.57 Å². The Kier molecular flexibility index (Phi) is 2.56. The maximum atomic E-state index is 5.42. The Morgan fingerprint density at radius 3 is 2.44 bits per heavy atom. The van der Waals surface area contributed by atoms with Crippen LogP contribution in [0.4, 0.5) is 0 Å². The van der Waals surface area contributed by atoms with E-state index in [1.807, 2.05) is 18.2 Å². The first kappa shape index (κ1) is 10.9. The smallest absolute Gasteiger partial charge is 0.128 e. The molecule has 1 heterocycles. The Morgan fingerprint density at radius 2 is 1.72 bits per heavy atom. The van der Waals surface area contributed by atoms with Gasteiger partial charge in [-0.15, -0.1) is 0 Å². The van der Waals surface area contributed by atoms with E-state index in [4.69, 9.17) is 4.74 Å². The molecule has 2 nitrogen and oxygen atoms in total. The molecular formula is C16H15NO. The van der Waals surface area contributed by atoms with Gasteiger partial charge < -0.3 is 9.30 Å². The van der Waals surface area contributed by atoms with Gasteiger partial charge in [-0.2, -0.15) is 0 Å². The van der Waals surface area contributed by atoms with Gasteiger partial charge in [-0.25, -0.2) is 0 Å². The first-order valence-electron chi connectivity index (χ1n) is 5.99. The molecule has 0 N–H and O–H groups in total. The minimum absolute atomic E-state index is 0.922. The lowest BCUT2D eigenvalue weighted by Gasteiger charge is -2.04. The number of aryl methyl sites for hydroxylation is 1. The van der Waals surface area contributed by atoms with Gasteiger partial charge in [0.1, 0.15) is 5.75 Å². The molecule has 0 aliphatic rings. The summed E-state index contributed by atoms with van der Waals surface area (Å²) in [6.07, 6.45) is 0. The van der Waals surface area contributed by atoms with E-state index in [1.54, 1.807) is 7.11 Å². The number of hydrogen-bond donors (Lipinski definition) is 0. The van der Waals surface area contributed by atoms with Crippen LogP contribution in [0.3, 0.4) is 0 Å². The standard InChI is InChI=1S/C16H15NO/c1-17-14-9-6-10-16(18-2)13(14)11-15(17)12-7-4-3-5-8-12/h3-11H,1-2H3. The first-order chi connectivity index (χ1) is 8.81. The van der Waals surface area contributed by atoms with Crippen LogP contribution < -0.4 is 4.74 Å². The fourth-order valence-electron chi connectivity index (χ4n) is 2.40. The quantitative estimate of drug-likeness (QED) is 0.660. The third-order valence-corrected chi connectivity index (χ3v) is 3.34. The molecule has 90 valence electrons. The molecule has 2 aromatic carbocycles. The van der Waals surface area contributed by atoms with E-state index < -0.39 is 0 Å². The topological polar surface area (TPSA) is 14.2 Å². The fraction of sp³-hybridized carbons (Fsp3) is 0.125. The van der Waals surface area contributed by atoms with Gasteiger partial charge in [0.15, 0.2) is 0 Å². The Balaban J connectivity index is 2.29. The predicted octanol–water partition coefficient (Wildman–Crippen LogP) is 3.85. The van der Waals surface area contributed by atoms with Gasteiger partial charge >= 0.3 is 0 Å². The lowest BCUT2D eigenvalue weighted by Crippen LogP contribution is -1.90. The lowest BCUT2D eigenvalue weighted by molar-refractivity contribution is 0.420. The highest BCUT2D eigenvalue weighted by atomic mass is 16.5. The van der Waals surface area contributed by atoms with E-state index in [-0.39, 0.29) is 0 Å². The van der Waals surface area contributed by atoms with Gasteiger partial charge in [0.2, 0.25) is 0 Å².